The molecular weight excluding hydrogens is 741 g/mol. The molecule has 0 aliphatic heterocycles. The lowest BCUT2D eigenvalue weighted by atomic mass is 9.95. The number of fused-ring (bicyclic) bond motifs is 7. The number of para-hydroxylation sites is 1. The third-order valence-corrected chi connectivity index (χ3v) is 12.0. The van der Waals surface area contributed by atoms with Gasteiger partial charge >= 0.3 is 0 Å². The van der Waals surface area contributed by atoms with E-state index in [2.05, 4.69) is 162 Å². The van der Waals surface area contributed by atoms with E-state index in [4.69, 9.17) is 15.0 Å². The van der Waals surface area contributed by atoms with Crippen LogP contribution in [0.25, 0.3) is 116 Å². The molecule has 0 spiro atoms. The Morgan fingerprint density at radius 3 is 1.30 bits per heavy atom. The monoisotopic (exact) mass is 776 g/mol. The molecule has 284 valence electrons. The minimum atomic E-state index is 0.638. The number of hydrogen-bond donors (Lipinski definition) is 0. The van der Waals surface area contributed by atoms with Gasteiger partial charge in [0.25, 0.3) is 0 Å². The zero-order valence-corrected chi connectivity index (χ0v) is 33.1. The quantitative estimate of drug-likeness (QED) is 0.169. The molecule has 0 amide bonds. The first-order chi connectivity index (χ1) is 30.2. The van der Waals surface area contributed by atoms with Crippen molar-refractivity contribution in [1.29, 1.82) is 0 Å². The van der Waals surface area contributed by atoms with Crippen molar-refractivity contribution in [3.63, 3.8) is 0 Å². The third-order valence-electron chi connectivity index (χ3n) is 12.0. The first-order valence-electron chi connectivity index (χ1n) is 20.7. The van der Waals surface area contributed by atoms with Crippen LogP contribution < -0.4 is 0 Å². The number of hydrogen-bond acceptors (Lipinski definition) is 3. The topological polar surface area (TPSA) is 43.6 Å². The maximum absolute atomic E-state index is 4.97. The molecule has 12 aromatic rings. The van der Waals surface area contributed by atoms with Crippen molar-refractivity contribution >= 4 is 54.1 Å². The van der Waals surface area contributed by atoms with Crippen LogP contribution in [-0.4, -0.2) is 19.5 Å². The molecule has 0 saturated heterocycles. The van der Waals surface area contributed by atoms with Gasteiger partial charge in [-0.05, 0) is 115 Å². The summed E-state index contributed by atoms with van der Waals surface area (Å²) in [5, 5.41) is 9.90. The number of benzene rings is 10. The van der Waals surface area contributed by atoms with Gasteiger partial charge in [-0.25, -0.2) is 15.0 Å². The summed E-state index contributed by atoms with van der Waals surface area (Å²) in [7, 11) is 0. The van der Waals surface area contributed by atoms with Gasteiger partial charge in [-0.1, -0.05) is 158 Å². The van der Waals surface area contributed by atoms with Crippen molar-refractivity contribution in [1.82, 2.24) is 19.5 Å². The van der Waals surface area contributed by atoms with Crippen LogP contribution in [0.3, 0.4) is 0 Å². The molecule has 4 heteroatoms. The van der Waals surface area contributed by atoms with Gasteiger partial charge in [-0.3, -0.25) is 0 Å². The molecule has 0 aliphatic carbocycles. The van der Waals surface area contributed by atoms with Crippen molar-refractivity contribution in [2.24, 2.45) is 0 Å². The van der Waals surface area contributed by atoms with Gasteiger partial charge in [0.1, 0.15) is 0 Å². The molecule has 0 N–H and O–H groups in total. The Morgan fingerprint density at radius 2 is 0.689 bits per heavy atom. The predicted molar refractivity (Wildman–Crippen MR) is 254 cm³/mol. The number of aromatic nitrogens is 4. The van der Waals surface area contributed by atoms with E-state index in [1.165, 1.54) is 65.3 Å². The van der Waals surface area contributed by atoms with E-state index in [0.29, 0.717) is 17.5 Å². The second-order valence-electron chi connectivity index (χ2n) is 15.7. The molecule has 0 saturated carbocycles. The van der Waals surface area contributed by atoms with Gasteiger partial charge < -0.3 is 4.57 Å². The van der Waals surface area contributed by atoms with Crippen LogP contribution in [-0.2, 0) is 0 Å². The van der Waals surface area contributed by atoms with E-state index in [1.807, 2.05) is 60.7 Å². The Bertz CT molecular complexity index is 3570. The van der Waals surface area contributed by atoms with Crippen molar-refractivity contribution in [2.45, 2.75) is 0 Å². The van der Waals surface area contributed by atoms with Crippen LogP contribution >= 0.6 is 0 Å². The van der Waals surface area contributed by atoms with Crippen LogP contribution in [0.2, 0.25) is 0 Å². The zero-order valence-electron chi connectivity index (χ0n) is 33.1. The lowest BCUT2D eigenvalue weighted by Gasteiger charge is -2.11. The highest BCUT2D eigenvalue weighted by atomic mass is 15.0. The van der Waals surface area contributed by atoms with Gasteiger partial charge in [0.05, 0.1) is 11.0 Å². The normalized spacial score (nSPS) is 11.6. The van der Waals surface area contributed by atoms with Gasteiger partial charge in [0.2, 0.25) is 0 Å². The van der Waals surface area contributed by atoms with E-state index < -0.39 is 0 Å². The van der Waals surface area contributed by atoms with E-state index in [0.717, 1.165) is 33.4 Å². The summed E-state index contributed by atoms with van der Waals surface area (Å²) < 4.78 is 2.38. The van der Waals surface area contributed by atoms with Crippen LogP contribution in [0.4, 0.5) is 0 Å². The van der Waals surface area contributed by atoms with Gasteiger partial charge in [0, 0.05) is 33.2 Å². The summed E-state index contributed by atoms with van der Waals surface area (Å²) in [5.41, 5.74) is 11.1. The average Bonchev–Trinajstić information content (AvgIpc) is 3.68. The third kappa shape index (κ3) is 6.12. The molecule has 4 nitrogen and oxygen atoms in total. The standard InChI is InChI=1S/C57H36N4/c1-3-12-39(13-4-1)55-58-56(40-14-5-2-6-15-40)60-57(59-55)41-27-30-49(31-28-41)61-52-18-10-9-17-50(52)54-51-36-48(22-20-38(51)29-32-53(54)61)47-26-25-45-34-44(23-24-46(45)35-47)43-21-19-37-11-7-8-16-42(37)33-43/h1-36H. The maximum Gasteiger partial charge on any atom is 0.164 e. The molecule has 12 rings (SSSR count). The lowest BCUT2D eigenvalue weighted by Crippen LogP contribution is -2.00. The molecule has 0 unspecified atom stereocenters. The first-order valence-corrected chi connectivity index (χ1v) is 20.7. The van der Waals surface area contributed by atoms with Crippen molar-refractivity contribution in [3.8, 4) is 62.1 Å². The second kappa shape index (κ2) is 14.3. The maximum atomic E-state index is 4.97. The highest BCUT2D eigenvalue weighted by Crippen LogP contribution is 2.39. The largest absolute Gasteiger partial charge is 0.309 e. The highest BCUT2D eigenvalue weighted by Gasteiger charge is 2.17. The summed E-state index contributed by atoms with van der Waals surface area (Å²) in [6, 6.07) is 77.9. The van der Waals surface area contributed by atoms with Crippen LogP contribution in [0.1, 0.15) is 0 Å². The van der Waals surface area contributed by atoms with Crippen LogP contribution in [0.15, 0.2) is 218 Å². The van der Waals surface area contributed by atoms with Gasteiger partial charge in [-0.15, -0.1) is 0 Å². The Labute approximate surface area is 352 Å². The molecule has 2 heterocycles. The summed E-state index contributed by atoms with van der Waals surface area (Å²) in [6.45, 7) is 0. The van der Waals surface area contributed by atoms with Crippen molar-refractivity contribution in [2.75, 3.05) is 0 Å². The van der Waals surface area contributed by atoms with Gasteiger partial charge in [0.15, 0.2) is 17.5 Å². The molecule has 0 aliphatic rings. The van der Waals surface area contributed by atoms with Crippen molar-refractivity contribution in [3.05, 3.63) is 218 Å². The summed E-state index contributed by atoms with van der Waals surface area (Å²) in [6.07, 6.45) is 0. The molecular formula is C57H36N4. The second-order valence-corrected chi connectivity index (χ2v) is 15.7. The highest BCUT2D eigenvalue weighted by molar-refractivity contribution is 6.22. The van der Waals surface area contributed by atoms with Gasteiger partial charge in [-0.2, -0.15) is 0 Å². The minimum Gasteiger partial charge on any atom is -0.309 e. The molecule has 61 heavy (non-hydrogen) atoms. The Kier molecular flexibility index (Phi) is 8.13. The molecule has 10 aromatic carbocycles. The molecule has 0 atom stereocenters. The molecule has 0 radical (unpaired) electrons. The number of nitrogens with zero attached hydrogens (tertiary/aromatic N) is 4. The molecule has 2 aromatic heterocycles. The zero-order chi connectivity index (χ0) is 40.3. The Balaban J connectivity index is 0.931. The summed E-state index contributed by atoms with van der Waals surface area (Å²) >= 11 is 0. The predicted octanol–water partition coefficient (Wildman–Crippen LogP) is 14.8. The fraction of sp³-hybridized carbons (Fsp3) is 0. The van der Waals surface area contributed by atoms with E-state index in [-0.39, 0.29) is 0 Å². The Morgan fingerprint density at radius 1 is 0.262 bits per heavy atom. The lowest BCUT2D eigenvalue weighted by molar-refractivity contribution is 1.07. The minimum absolute atomic E-state index is 0.638. The van der Waals surface area contributed by atoms with Crippen molar-refractivity contribution < 1.29 is 0 Å². The summed E-state index contributed by atoms with van der Waals surface area (Å²) in [4.78, 5) is 14.8. The summed E-state index contributed by atoms with van der Waals surface area (Å²) in [5.74, 6) is 1.94. The SMILES string of the molecule is c1ccc(-c2nc(-c3ccccc3)nc(-c3ccc(-n4c5ccccc5c5c6cc(-c7ccc8cc(-c9ccc%10ccccc%10c9)ccc8c7)ccc6ccc54)cc3)n2)cc1. The van der Waals surface area contributed by atoms with Crippen LogP contribution in [0.5, 0.6) is 0 Å². The van der Waals surface area contributed by atoms with E-state index in [1.54, 1.807) is 0 Å². The fourth-order valence-electron chi connectivity index (χ4n) is 8.92. The average molecular weight is 777 g/mol. The fourth-order valence-corrected chi connectivity index (χ4v) is 8.92. The van der Waals surface area contributed by atoms with Crippen LogP contribution in [0, 0.1) is 0 Å². The Hall–Kier alpha value is -8.21. The first kappa shape index (κ1) is 34.8. The molecule has 0 bridgehead atoms. The smallest absolute Gasteiger partial charge is 0.164 e. The van der Waals surface area contributed by atoms with E-state index in [9.17, 15) is 0 Å². The number of rotatable bonds is 6. The molecule has 0 fully saturated rings. The van der Waals surface area contributed by atoms with E-state index >= 15 is 0 Å².